The Morgan fingerprint density at radius 2 is 1.73 bits per heavy atom. The van der Waals surface area contributed by atoms with Crippen molar-refractivity contribution >= 4 is 11.9 Å². The number of ether oxygens (including phenoxy) is 3. The Hall–Kier alpha value is -1.56. The van der Waals surface area contributed by atoms with Crippen molar-refractivity contribution < 1.29 is 23.8 Å². The quantitative estimate of drug-likeness (QED) is 0.421. The predicted octanol–water partition coefficient (Wildman–Crippen LogP) is 3.21. The minimum Gasteiger partial charge on any atom is -0.469 e. The topological polar surface area (TPSA) is 73.9 Å². The Kier molecular flexibility index (Phi) is 11.0. The van der Waals surface area contributed by atoms with E-state index in [0.717, 1.165) is 31.5 Å². The summed E-state index contributed by atoms with van der Waals surface area (Å²) in [6, 6.07) is 0. The maximum atomic E-state index is 12.2. The first-order valence-corrected chi connectivity index (χ1v) is 9.74. The van der Waals surface area contributed by atoms with E-state index in [9.17, 15) is 9.59 Å². The van der Waals surface area contributed by atoms with Gasteiger partial charge in [0.15, 0.2) is 0 Å². The molecule has 1 saturated carbocycles. The van der Waals surface area contributed by atoms with Crippen LogP contribution in [-0.4, -0.2) is 45.4 Å². The van der Waals surface area contributed by atoms with Crippen molar-refractivity contribution in [3.8, 4) is 0 Å². The lowest BCUT2D eigenvalue weighted by atomic mass is 9.77. The number of nitrogens with one attached hydrogen (secondary N) is 1. The Bertz CT molecular complexity index is 451. The van der Waals surface area contributed by atoms with Gasteiger partial charge in [0.2, 0.25) is 0 Å². The van der Waals surface area contributed by atoms with E-state index < -0.39 is 17.8 Å². The highest BCUT2D eigenvalue weighted by Gasteiger charge is 2.44. The number of carbonyl (C=O) groups is 2. The summed E-state index contributed by atoms with van der Waals surface area (Å²) < 4.78 is 15.7. The second-order valence-corrected chi connectivity index (χ2v) is 6.90. The average molecular weight is 370 g/mol. The van der Waals surface area contributed by atoms with Crippen LogP contribution in [0.15, 0.2) is 12.3 Å². The highest BCUT2D eigenvalue weighted by atomic mass is 16.5. The van der Waals surface area contributed by atoms with Gasteiger partial charge in [-0.25, -0.2) is 0 Å². The molecule has 0 radical (unpaired) electrons. The van der Waals surface area contributed by atoms with Gasteiger partial charge in [0.25, 0.3) is 0 Å². The summed E-state index contributed by atoms with van der Waals surface area (Å²) in [4.78, 5) is 24.2. The van der Waals surface area contributed by atoms with Gasteiger partial charge in [-0.2, -0.15) is 0 Å². The monoisotopic (exact) mass is 369 g/mol. The zero-order chi connectivity index (χ0) is 19.4. The molecular formula is C20H35NO5. The molecule has 1 aliphatic rings. The summed E-state index contributed by atoms with van der Waals surface area (Å²) in [6.07, 6.45) is 7.89. The molecule has 6 nitrogen and oxygen atoms in total. The van der Waals surface area contributed by atoms with Crippen molar-refractivity contribution in [3.05, 3.63) is 12.3 Å². The van der Waals surface area contributed by atoms with Crippen LogP contribution in [0, 0.1) is 11.8 Å². The molecule has 0 spiro atoms. The highest BCUT2D eigenvalue weighted by molar-refractivity contribution is 5.82. The van der Waals surface area contributed by atoms with Crippen LogP contribution in [0.4, 0.5) is 0 Å². The summed E-state index contributed by atoms with van der Waals surface area (Å²) in [7, 11) is 2.68. The van der Waals surface area contributed by atoms with Crippen molar-refractivity contribution in [2.45, 2.75) is 64.4 Å². The van der Waals surface area contributed by atoms with Gasteiger partial charge >= 0.3 is 11.9 Å². The van der Waals surface area contributed by atoms with Crippen LogP contribution in [0.25, 0.3) is 0 Å². The van der Waals surface area contributed by atoms with Crippen LogP contribution in [0.3, 0.4) is 0 Å². The molecule has 1 rings (SSSR count). The molecule has 0 aromatic rings. The summed E-state index contributed by atoms with van der Waals surface area (Å²) in [6.45, 7) is 7.39. The molecule has 150 valence electrons. The molecule has 6 heteroatoms. The van der Waals surface area contributed by atoms with E-state index in [-0.39, 0.29) is 12.1 Å². The molecular weight excluding hydrogens is 334 g/mol. The third-order valence-electron chi connectivity index (χ3n) is 4.94. The van der Waals surface area contributed by atoms with Gasteiger partial charge in [-0.15, -0.1) is 0 Å². The lowest BCUT2D eigenvalue weighted by molar-refractivity contribution is -0.167. The van der Waals surface area contributed by atoms with Gasteiger partial charge in [-0.1, -0.05) is 39.2 Å². The van der Waals surface area contributed by atoms with Crippen LogP contribution in [-0.2, 0) is 23.8 Å². The molecule has 0 amide bonds. The summed E-state index contributed by atoms with van der Waals surface area (Å²) >= 11 is 0. The summed E-state index contributed by atoms with van der Waals surface area (Å²) in [5.74, 6) is -1.92. The largest absolute Gasteiger partial charge is 0.469 e. The third kappa shape index (κ3) is 7.36. The number of unbranched alkanes of at least 4 members (excludes halogenated alkanes) is 4. The lowest BCUT2D eigenvalue weighted by Gasteiger charge is -2.34. The molecule has 0 aliphatic heterocycles. The lowest BCUT2D eigenvalue weighted by Crippen LogP contribution is -2.44. The standard InChI is InChI=1S/C20H35NO5/c1-5-6-7-8-9-13-21-15(2)14-26-17-12-10-11-16(19(22)24-3)18(17)20(23)25-4/h16-18,21H,2,5-14H2,1,3-4H3. The second kappa shape index (κ2) is 12.7. The SMILES string of the molecule is C=C(COC1CCCC(C(=O)OC)C1C(=O)OC)NCCCCCCC. The minimum atomic E-state index is -0.622. The van der Waals surface area contributed by atoms with Crippen molar-refractivity contribution in [2.75, 3.05) is 27.4 Å². The van der Waals surface area contributed by atoms with Gasteiger partial charge < -0.3 is 19.5 Å². The van der Waals surface area contributed by atoms with Gasteiger partial charge in [-0.05, 0) is 25.7 Å². The molecule has 3 atom stereocenters. The molecule has 0 heterocycles. The number of hydrogen-bond donors (Lipinski definition) is 1. The maximum absolute atomic E-state index is 12.2. The maximum Gasteiger partial charge on any atom is 0.312 e. The van der Waals surface area contributed by atoms with Gasteiger partial charge in [-0.3, -0.25) is 9.59 Å². The number of hydrogen-bond acceptors (Lipinski definition) is 6. The second-order valence-electron chi connectivity index (χ2n) is 6.90. The molecule has 3 unspecified atom stereocenters. The molecule has 0 saturated heterocycles. The Morgan fingerprint density at radius 3 is 2.38 bits per heavy atom. The van der Waals surface area contributed by atoms with E-state index >= 15 is 0 Å². The van der Waals surface area contributed by atoms with Crippen LogP contribution in [0.2, 0.25) is 0 Å². The fourth-order valence-corrected chi connectivity index (χ4v) is 3.46. The molecule has 0 aromatic carbocycles. The van der Waals surface area contributed by atoms with E-state index in [1.54, 1.807) is 0 Å². The third-order valence-corrected chi connectivity index (χ3v) is 4.94. The van der Waals surface area contributed by atoms with Crippen LogP contribution in [0.1, 0.15) is 58.3 Å². The average Bonchev–Trinajstić information content (AvgIpc) is 2.67. The predicted molar refractivity (Wildman–Crippen MR) is 101 cm³/mol. The first-order valence-electron chi connectivity index (χ1n) is 9.74. The van der Waals surface area contributed by atoms with Crippen molar-refractivity contribution in [3.63, 3.8) is 0 Å². The van der Waals surface area contributed by atoms with E-state index in [0.29, 0.717) is 13.0 Å². The van der Waals surface area contributed by atoms with Crippen LogP contribution >= 0.6 is 0 Å². The summed E-state index contributed by atoms with van der Waals surface area (Å²) in [5, 5.41) is 3.28. The van der Waals surface area contributed by atoms with Crippen LogP contribution < -0.4 is 5.32 Å². The number of rotatable bonds is 12. The highest BCUT2D eigenvalue weighted by Crippen LogP contribution is 2.34. The first kappa shape index (κ1) is 22.5. The van der Waals surface area contributed by atoms with E-state index in [4.69, 9.17) is 14.2 Å². The van der Waals surface area contributed by atoms with E-state index in [1.807, 2.05) is 0 Å². The molecule has 26 heavy (non-hydrogen) atoms. The van der Waals surface area contributed by atoms with E-state index in [2.05, 4.69) is 18.8 Å². The molecule has 1 N–H and O–H groups in total. The van der Waals surface area contributed by atoms with E-state index in [1.165, 1.54) is 39.9 Å². The number of esters is 2. The minimum absolute atomic E-state index is 0.320. The molecule has 0 bridgehead atoms. The Morgan fingerprint density at radius 1 is 1.04 bits per heavy atom. The van der Waals surface area contributed by atoms with Crippen molar-refractivity contribution in [1.29, 1.82) is 0 Å². The Labute approximate surface area is 157 Å². The van der Waals surface area contributed by atoms with Gasteiger partial charge in [0, 0.05) is 12.2 Å². The normalized spacial score (nSPS) is 22.5. The molecule has 1 fully saturated rings. The molecule has 0 aromatic heterocycles. The van der Waals surface area contributed by atoms with Crippen LogP contribution in [0.5, 0.6) is 0 Å². The zero-order valence-corrected chi connectivity index (χ0v) is 16.6. The smallest absolute Gasteiger partial charge is 0.312 e. The number of carbonyl (C=O) groups excluding carboxylic acids is 2. The molecule has 1 aliphatic carbocycles. The summed E-state index contributed by atoms with van der Waals surface area (Å²) in [5.41, 5.74) is 0.796. The zero-order valence-electron chi connectivity index (χ0n) is 16.6. The fraction of sp³-hybridized carbons (Fsp3) is 0.800. The Balaban J connectivity index is 2.46. The fourth-order valence-electron chi connectivity index (χ4n) is 3.46. The van der Waals surface area contributed by atoms with Crippen molar-refractivity contribution in [2.24, 2.45) is 11.8 Å². The van der Waals surface area contributed by atoms with Crippen molar-refractivity contribution in [1.82, 2.24) is 5.32 Å². The van der Waals surface area contributed by atoms with Gasteiger partial charge in [0.1, 0.15) is 0 Å². The van der Waals surface area contributed by atoms with Gasteiger partial charge in [0.05, 0.1) is 38.8 Å². The first-order chi connectivity index (χ1) is 12.5. The number of methoxy groups -OCH3 is 2.